The first-order valence-electron chi connectivity index (χ1n) is 1.55. The minimum absolute atomic E-state index is 0. The van der Waals surface area contributed by atoms with Crippen molar-refractivity contribution in [2.24, 2.45) is 0 Å². The summed E-state index contributed by atoms with van der Waals surface area (Å²) < 4.78 is 0. The zero-order valence-electron chi connectivity index (χ0n) is 12.8. The van der Waals surface area contributed by atoms with Crippen molar-refractivity contribution >= 4 is 0 Å². The van der Waals surface area contributed by atoms with Crippen molar-refractivity contribution in [3.05, 3.63) is 0 Å². The van der Waals surface area contributed by atoms with E-state index in [1.807, 2.05) is 0 Å². The third-order valence-electron chi connectivity index (χ3n) is 0. The summed E-state index contributed by atoms with van der Waals surface area (Å²) in [7, 11) is 0. The molecule has 85 valence electrons. The van der Waals surface area contributed by atoms with Crippen LogP contribution in [-0.2, 0) is 34.1 Å². The van der Waals surface area contributed by atoms with Gasteiger partial charge in [-0.2, -0.15) is 0 Å². The topological polar surface area (TPSA) is 143 Å². The largest absolute Gasteiger partial charge is 1.00 e. The molecule has 0 aliphatic carbocycles. The standard InChI is InChI=1S/6CHN.Cu.Fe.3K.3H/c6*1-2;;;;;;;;/h6*1H;;;;;;;;/q;;;;;;;;3*+1;3*-1. The number of hydrogen-bond acceptors (Lipinski definition) is 6. The Balaban J connectivity index is -0.00000000167. The molecule has 17 heavy (non-hydrogen) atoms. The molecule has 0 amide bonds. The Morgan fingerprint density at radius 3 is 0.412 bits per heavy atom. The first-order valence-corrected chi connectivity index (χ1v) is 1.55. The molecule has 0 aromatic rings. The van der Waals surface area contributed by atoms with Gasteiger partial charge in [0, 0.05) is 73.6 Å². The number of nitrogens with zero attached hydrogens (tertiary/aromatic N) is 6. The van der Waals surface area contributed by atoms with Gasteiger partial charge in [0.2, 0.25) is 0 Å². The van der Waals surface area contributed by atoms with Crippen LogP contribution in [0.2, 0.25) is 0 Å². The van der Waals surface area contributed by atoms with Crippen LogP contribution in [-0.4, -0.2) is 0 Å². The van der Waals surface area contributed by atoms with Gasteiger partial charge in [-0.1, -0.05) is 0 Å². The second-order valence-corrected chi connectivity index (χ2v) is 0. The van der Waals surface area contributed by atoms with Crippen LogP contribution in [0, 0.1) is 71.0 Å². The Labute approximate surface area is 256 Å². The van der Waals surface area contributed by atoms with Gasteiger partial charge < -0.3 is 4.28 Å². The molecule has 0 unspecified atom stereocenters. The Morgan fingerprint density at radius 1 is 0.412 bits per heavy atom. The Hall–Kier alpha value is 2.89. The van der Waals surface area contributed by atoms with Crippen LogP contribution in [0.5, 0.6) is 0 Å². The van der Waals surface area contributed by atoms with Crippen LogP contribution in [0.4, 0.5) is 0 Å². The van der Waals surface area contributed by atoms with Crippen LogP contribution in [0.3, 0.4) is 0 Å². The molecular weight excluding hydrogens is 393 g/mol. The molecule has 0 aromatic heterocycles. The fourth-order valence-corrected chi connectivity index (χ4v) is 0. The molecule has 6 nitrogen and oxygen atoms in total. The molecule has 0 aromatic carbocycles. The molecule has 0 aliphatic heterocycles. The van der Waals surface area contributed by atoms with E-state index in [9.17, 15) is 0 Å². The van der Waals surface area contributed by atoms with E-state index >= 15 is 0 Å². The average Bonchev–Trinajstić information content (AvgIpc) is 2.33. The minimum Gasteiger partial charge on any atom is -1.00 e. The zero-order chi connectivity index (χ0) is 12.0. The van der Waals surface area contributed by atoms with E-state index in [4.69, 9.17) is 31.6 Å². The van der Waals surface area contributed by atoms with E-state index in [1.54, 1.807) is 0 Å². The molecule has 0 bridgehead atoms. The molecule has 1 radical (unpaired) electrons. The fourth-order valence-electron chi connectivity index (χ4n) is 0. The monoisotopic (exact) mass is 401 g/mol. The third kappa shape index (κ3) is 646. The van der Waals surface area contributed by atoms with E-state index in [-0.39, 0.29) is 193 Å². The van der Waals surface area contributed by atoms with Gasteiger partial charge in [0.05, 0.1) is 0 Å². The van der Waals surface area contributed by atoms with E-state index in [0.29, 0.717) is 0 Å². The van der Waals surface area contributed by atoms with Crippen molar-refractivity contribution in [3.63, 3.8) is 0 Å². The third-order valence-corrected chi connectivity index (χ3v) is 0. The Morgan fingerprint density at radius 2 is 0.412 bits per heavy atom. The first-order chi connectivity index (χ1) is 6.00. The van der Waals surface area contributed by atoms with Crippen LogP contribution in [0.1, 0.15) is 4.28 Å². The number of rotatable bonds is 0. The van der Waals surface area contributed by atoms with Gasteiger partial charge in [-0.15, -0.1) is 0 Å². The van der Waals surface area contributed by atoms with Crippen molar-refractivity contribution in [2.45, 2.75) is 0 Å². The van der Waals surface area contributed by atoms with Gasteiger partial charge in [-0.25, -0.2) is 31.6 Å². The molecule has 0 N–H and O–H groups in total. The van der Waals surface area contributed by atoms with Crippen molar-refractivity contribution in [2.75, 3.05) is 0 Å². The summed E-state index contributed by atoms with van der Waals surface area (Å²) in [5.74, 6) is 0. The molecule has 0 rings (SSSR count). The second-order valence-electron chi connectivity index (χ2n) is 0. The van der Waals surface area contributed by atoms with E-state index in [2.05, 4.69) is 39.4 Å². The van der Waals surface area contributed by atoms with Crippen molar-refractivity contribution < 1.29 is 193 Å². The van der Waals surface area contributed by atoms with Crippen LogP contribution in [0.15, 0.2) is 0 Å². The Kier molecular flexibility index (Phi) is 3830. The van der Waals surface area contributed by atoms with Gasteiger partial charge >= 0.3 is 154 Å². The van der Waals surface area contributed by atoms with Crippen molar-refractivity contribution in [1.29, 1.82) is 31.6 Å². The summed E-state index contributed by atoms with van der Waals surface area (Å²) in [6, 6.07) is 0. The normalized spacial score (nSPS) is 0.706. The summed E-state index contributed by atoms with van der Waals surface area (Å²) in [5, 5.41) is 39.0. The predicted octanol–water partition coefficient (Wildman–Crippen LogP) is -7.82. The van der Waals surface area contributed by atoms with Gasteiger partial charge in [0.1, 0.15) is 0 Å². The number of hydrogen-bond donors (Lipinski definition) is 0. The Bertz CT molecular complexity index is 121. The smallest absolute Gasteiger partial charge is 1.00 e. The molecule has 11 heteroatoms. The van der Waals surface area contributed by atoms with Gasteiger partial charge in [-0.05, 0) is 0 Å². The molecule has 0 fully saturated rings. The maximum Gasteiger partial charge on any atom is 1.00 e. The summed E-state index contributed by atoms with van der Waals surface area (Å²) in [4.78, 5) is 0. The molecule has 0 saturated carbocycles. The summed E-state index contributed by atoms with van der Waals surface area (Å²) >= 11 is 0. The van der Waals surface area contributed by atoms with E-state index in [0.717, 1.165) is 0 Å². The van der Waals surface area contributed by atoms with Crippen molar-refractivity contribution in [3.8, 4) is 39.4 Å². The maximum atomic E-state index is 6.50. The molecule has 0 saturated heterocycles. The van der Waals surface area contributed by atoms with Crippen LogP contribution < -0.4 is 154 Å². The zero-order valence-corrected chi connectivity index (χ0v) is 21.2. The van der Waals surface area contributed by atoms with Crippen LogP contribution in [0.25, 0.3) is 0 Å². The quantitative estimate of drug-likeness (QED) is 0.369. The summed E-state index contributed by atoms with van der Waals surface area (Å²) in [6.07, 6.45) is 0. The second kappa shape index (κ2) is 725. The van der Waals surface area contributed by atoms with Gasteiger partial charge in [0.15, 0.2) is 0 Å². The molecule has 0 aliphatic rings. The minimum atomic E-state index is 0. The molecule has 0 heterocycles. The summed E-state index contributed by atoms with van der Waals surface area (Å²) in [6.45, 7) is 21.0. The SMILES string of the molecule is C#N.C#N.C#N.C#N.C#N.C#N.[Cu].[Fe].[H-].[H-].[H-].[K+].[K+].[K+]. The van der Waals surface area contributed by atoms with Gasteiger partial charge in [0.25, 0.3) is 0 Å². The summed E-state index contributed by atoms with van der Waals surface area (Å²) in [5.41, 5.74) is 0. The first kappa shape index (κ1) is 89.8. The molecule has 0 atom stereocenters. The number of nitriles is 6. The van der Waals surface area contributed by atoms with E-state index < -0.39 is 0 Å². The maximum absolute atomic E-state index is 6.50. The fraction of sp³-hybridized carbons (Fsp3) is 0. The molecular formula is C6H9CuFeK3N6. The van der Waals surface area contributed by atoms with Gasteiger partial charge in [-0.3, -0.25) is 0 Å². The van der Waals surface area contributed by atoms with Crippen molar-refractivity contribution in [1.82, 2.24) is 0 Å². The predicted molar refractivity (Wildman–Crippen MR) is 43.4 cm³/mol. The van der Waals surface area contributed by atoms with Crippen LogP contribution >= 0.6 is 0 Å². The van der Waals surface area contributed by atoms with E-state index in [1.165, 1.54) is 0 Å². The molecule has 0 spiro atoms. The average molecular weight is 402 g/mol.